The summed E-state index contributed by atoms with van der Waals surface area (Å²) in [7, 11) is 0. The first-order valence-electron chi connectivity index (χ1n) is 9.78. The summed E-state index contributed by atoms with van der Waals surface area (Å²) in [5, 5.41) is 8.94. The van der Waals surface area contributed by atoms with Gasteiger partial charge in [-0.05, 0) is 25.5 Å². The molecule has 1 amide bonds. The SMILES string of the molecule is CC(=O)N1CCc2nnc([C@@H]3CCCCN3Cc3ccccc3F)n2CC1. The summed E-state index contributed by atoms with van der Waals surface area (Å²) in [6.07, 6.45) is 3.99. The van der Waals surface area contributed by atoms with E-state index in [-0.39, 0.29) is 17.8 Å². The van der Waals surface area contributed by atoms with Crippen LogP contribution >= 0.6 is 0 Å². The van der Waals surface area contributed by atoms with E-state index < -0.39 is 0 Å². The number of likely N-dealkylation sites (tertiary alicyclic amines) is 1. The Morgan fingerprint density at radius 2 is 2.00 bits per heavy atom. The number of fused-ring (bicyclic) bond motifs is 1. The average molecular weight is 371 g/mol. The Labute approximate surface area is 159 Å². The fraction of sp³-hybridized carbons (Fsp3) is 0.550. The van der Waals surface area contributed by atoms with Gasteiger partial charge in [0.1, 0.15) is 17.5 Å². The second-order valence-corrected chi connectivity index (χ2v) is 7.46. The molecule has 144 valence electrons. The zero-order chi connectivity index (χ0) is 18.8. The number of benzene rings is 1. The van der Waals surface area contributed by atoms with E-state index in [2.05, 4.69) is 19.7 Å². The van der Waals surface area contributed by atoms with E-state index in [0.29, 0.717) is 19.6 Å². The molecule has 1 fully saturated rings. The van der Waals surface area contributed by atoms with E-state index in [4.69, 9.17) is 0 Å². The summed E-state index contributed by atoms with van der Waals surface area (Å²) in [5.74, 6) is 1.87. The zero-order valence-corrected chi connectivity index (χ0v) is 15.8. The predicted octanol–water partition coefficient (Wildman–Crippen LogP) is 2.55. The van der Waals surface area contributed by atoms with Crippen LogP contribution in [0.1, 0.15) is 49.4 Å². The smallest absolute Gasteiger partial charge is 0.219 e. The Morgan fingerprint density at radius 3 is 2.81 bits per heavy atom. The monoisotopic (exact) mass is 371 g/mol. The molecule has 1 aromatic carbocycles. The molecule has 0 radical (unpaired) electrons. The van der Waals surface area contributed by atoms with E-state index in [1.165, 1.54) is 6.07 Å². The number of rotatable bonds is 3. The molecule has 1 atom stereocenters. The van der Waals surface area contributed by atoms with E-state index in [1.807, 2.05) is 17.0 Å². The third-order valence-corrected chi connectivity index (χ3v) is 5.74. The van der Waals surface area contributed by atoms with Crippen LogP contribution in [0.3, 0.4) is 0 Å². The van der Waals surface area contributed by atoms with Crippen LogP contribution in [0.4, 0.5) is 4.39 Å². The van der Waals surface area contributed by atoms with Crippen molar-refractivity contribution in [2.45, 2.75) is 51.7 Å². The highest BCUT2D eigenvalue weighted by molar-refractivity contribution is 5.73. The number of piperidine rings is 1. The Kier molecular flexibility index (Phi) is 5.20. The number of carbonyl (C=O) groups is 1. The molecule has 0 spiro atoms. The quantitative estimate of drug-likeness (QED) is 0.832. The van der Waals surface area contributed by atoms with Gasteiger partial charge >= 0.3 is 0 Å². The lowest BCUT2D eigenvalue weighted by atomic mass is 10.00. The van der Waals surface area contributed by atoms with Crippen molar-refractivity contribution < 1.29 is 9.18 Å². The summed E-state index contributed by atoms with van der Waals surface area (Å²) >= 11 is 0. The van der Waals surface area contributed by atoms with Crippen LogP contribution in [0.15, 0.2) is 24.3 Å². The van der Waals surface area contributed by atoms with Gasteiger partial charge in [0.05, 0.1) is 6.04 Å². The third-order valence-electron chi connectivity index (χ3n) is 5.74. The van der Waals surface area contributed by atoms with Gasteiger partial charge in [0.2, 0.25) is 5.91 Å². The van der Waals surface area contributed by atoms with Crippen LogP contribution in [0.2, 0.25) is 0 Å². The summed E-state index contributed by atoms with van der Waals surface area (Å²) in [6, 6.07) is 7.13. The van der Waals surface area contributed by atoms with Gasteiger partial charge in [0.15, 0.2) is 0 Å². The summed E-state index contributed by atoms with van der Waals surface area (Å²) in [5.41, 5.74) is 0.725. The number of amides is 1. The van der Waals surface area contributed by atoms with Gasteiger partial charge in [-0.15, -0.1) is 10.2 Å². The normalized spacial score (nSPS) is 21.0. The molecule has 0 unspecified atom stereocenters. The Hall–Kier alpha value is -2.28. The first-order valence-corrected chi connectivity index (χ1v) is 9.78. The van der Waals surface area contributed by atoms with Gasteiger partial charge in [-0.3, -0.25) is 9.69 Å². The second-order valence-electron chi connectivity index (χ2n) is 7.46. The molecule has 0 aliphatic carbocycles. The summed E-state index contributed by atoms with van der Waals surface area (Å²) < 4.78 is 16.4. The first-order chi connectivity index (χ1) is 13.1. The van der Waals surface area contributed by atoms with Crippen molar-refractivity contribution in [2.75, 3.05) is 19.6 Å². The minimum absolute atomic E-state index is 0.106. The van der Waals surface area contributed by atoms with Gasteiger partial charge in [0, 0.05) is 45.1 Å². The molecule has 0 saturated carbocycles. The molecule has 7 heteroatoms. The molecule has 1 aromatic heterocycles. The van der Waals surface area contributed by atoms with E-state index in [0.717, 1.165) is 56.0 Å². The first kappa shape index (κ1) is 18.1. The van der Waals surface area contributed by atoms with Crippen LogP contribution < -0.4 is 0 Å². The van der Waals surface area contributed by atoms with Crippen LogP contribution in [-0.4, -0.2) is 50.1 Å². The van der Waals surface area contributed by atoms with E-state index in [9.17, 15) is 9.18 Å². The maximum Gasteiger partial charge on any atom is 0.219 e. The van der Waals surface area contributed by atoms with Crippen molar-refractivity contribution in [3.05, 3.63) is 47.3 Å². The molecule has 1 saturated heterocycles. The zero-order valence-electron chi connectivity index (χ0n) is 15.8. The standard InChI is InChI=1S/C20H26FN5O/c1-15(27)24-11-9-19-22-23-20(26(19)13-12-24)18-8-4-5-10-25(18)14-16-6-2-3-7-17(16)21/h2-3,6-7,18H,4-5,8-14H2,1H3/t18-/m0/s1. The topological polar surface area (TPSA) is 54.3 Å². The Morgan fingerprint density at radius 1 is 1.15 bits per heavy atom. The van der Waals surface area contributed by atoms with Crippen LogP contribution in [0, 0.1) is 5.82 Å². The van der Waals surface area contributed by atoms with Crippen molar-refractivity contribution >= 4 is 5.91 Å². The van der Waals surface area contributed by atoms with Gasteiger partial charge < -0.3 is 9.47 Å². The number of hydrogen-bond donors (Lipinski definition) is 0. The van der Waals surface area contributed by atoms with Crippen molar-refractivity contribution in [1.82, 2.24) is 24.6 Å². The molecule has 2 aliphatic heterocycles. The molecular formula is C20H26FN5O. The summed E-state index contributed by atoms with van der Waals surface area (Å²) in [4.78, 5) is 15.9. The lowest BCUT2D eigenvalue weighted by molar-refractivity contribution is -0.128. The molecule has 6 nitrogen and oxygen atoms in total. The molecule has 3 heterocycles. The maximum absolute atomic E-state index is 14.2. The van der Waals surface area contributed by atoms with Crippen molar-refractivity contribution in [1.29, 1.82) is 0 Å². The molecule has 2 aliphatic rings. The highest BCUT2D eigenvalue weighted by Crippen LogP contribution is 2.32. The van der Waals surface area contributed by atoms with Crippen molar-refractivity contribution in [3.63, 3.8) is 0 Å². The fourth-order valence-corrected chi connectivity index (χ4v) is 4.22. The van der Waals surface area contributed by atoms with E-state index in [1.54, 1.807) is 13.0 Å². The molecule has 27 heavy (non-hydrogen) atoms. The fourth-order valence-electron chi connectivity index (χ4n) is 4.22. The number of halogens is 1. The molecular weight excluding hydrogens is 345 g/mol. The van der Waals surface area contributed by atoms with Gasteiger partial charge in [-0.1, -0.05) is 24.6 Å². The van der Waals surface area contributed by atoms with E-state index >= 15 is 0 Å². The molecule has 0 bridgehead atoms. The lowest BCUT2D eigenvalue weighted by Crippen LogP contribution is -2.35. The predicted molar refractivity (Wildman–Crippen MR) is 99.4 cm³/mol. The largest absolute Gasteiger partial charge is 0.341 e. The third kappa shape index (κ3) is 3.74. The lowest BCUT2D eigenvalue weighted by Gasteiger charge is -2.35. The number of carbonyl (C=O) groups excluding carboxylic acids is 1. The Bertz CT molecular complexity index is 820. The van der Waals surface area contributed by atoms with Gasteiger partial charge in [-0.2, -0.15) is 0 Å². The average Bonchev–Trinajstić information content (AvgIpc) is 2.94. The van der Waals surface area contributed by atoms with Crippen molar-refractivity contribution in [2.24, 2.45) is 0 Å². The highest BCUT2D eigenvalue weighted by atomic mass is 19.1. The second kappa shape index (κ2) is 7.76. The van der Waals surface area contributed by atoms with Gasteiger partial charge in [0.25, 0.3) is 0 Å². The highest BCUT2D eigenvalue weighted by Gasteiger charge is 2.31. The van der Waals surface area contributed by atoms with Gasteiger partial charge in [-0.25, -0.2) is 4.39 Å². The van der Waals surface area contributed by atoms with Crippen LogP contribution in [-0.2, 0) is 24.3 Å². The Balaban J connectivity index is 1.58. The van der Waals surface area contributed by atoms with Crippen LogP contribution in [0.25, 0.3) is 0 Å². The minimum Gasteiger partial charge on any atom is -0.341 e. The number of hydrogen-bond acceptors (Lipinski definition) is 4. The molecule has 4 rings (SSSR count). The van der Waals surface area contributed by atoms with Crippen LogP contribution in [0.5, 0.6) is 0 Å². The molecule has 0 N–H and O–H groups in total. The molecule has 2 aromatic rings. The number of aromatic nitrogens is 3. The minimum atomic E-state index is -0.154. The maximum atomic E-state index is 14.2. The number of nitrogens with zero attached hydrogens (tertiary/aromatic N) is 5. The summed E-state index contributed by atoms with van der Waals surface area (Å²) in [6.45, 7) is 5.23. The van der Waals surface area contributed by atoms with Crippen molar-refractivity contribution in [3.8, 4) is 0 Å².